The fourth-order valence-corrected chi connectivity index (χ4v) is 4.46. The van der Waals surface area contributed by atoms with E-state index in [1.807, 2.05) is 18.7 Å². The minimum absolute atomic E-state index is 0.101. The van der Waals surface area contributed by atoms with Gasteiger partial charge in [0.15, 0.2) is 0 Å². The summed E-state index contributed by atoms with van der Waals surface area (Å²) in [4.78, 5) is 17.3. The van der Waals surface area contributed by atoms with Gasteiger partial charge in [0.05, 0.1) is 10.0 Å². The maximum Gasteiger partial charge on any atom is 0.258 e. The SMILES string of the molecule is Cc1oc(C)c(C(=O)N2CCN(CC3CCCCC3)CC2)c1Br. The summed E-state index contributed by atoms with van der Waals surface area (Å²) in [6.45, 7) is 8.60. The van der Waals surface area contributed by atoms with Crippen LogP contribution in [0, 0.1) is 19.8 Å². The lowest BCUT2D eigenvalue weighted by Crippen LogP contribution is -2.50. The molecular weight excluding hydrogens is 356 g/mol. The molecule has 5 heteroatoms. The van der Waals surface area contributed by atoms with Gasteiger partial charge in [-0.1, -0.05) is 19.3 Å². The highest BCUT2D eigenvalue weighted by molar-refractivity contribution is 9.10. The molecule has 1 amide bonds. The van der Waals surface area contributed by atoms with Crippen molar-refractivity contribution in [2.24, 2.45) is 5.92 Å². The van der Waals surface area contributed by atoms with Crippen molar-refractivity contribution in [3.8, 4) is 0 Å². The molecule has 0 spiro atoms. The van der Waals surface area contributed by atoms with Crippen molar-refractivity contribution in [1.29, 1.82) is 0 Å². The Labute approximate surface area is 147 Å². The fraction of sp³-hybridized carbons (Fsp3) is 0.722. The number of nitrogens with zero attached hydrogens (tertiary/aromatic N) is 2. The van der Waals surface area contributed by atoms with Gasteiger partial charge in [-0.15, -0.1) is 0 Å². The van der Waals surface area contributed by atoms with Gasteiger partial charge in [-0.2, -0.15) is 0 Å². The molecule has 1 aliphatic heterocycles. The molecule has 2 fully saturated rings. The molecule has 1 aromatic heterocycles. The number of rotatable bonds is 3. The van der Waals surface area contributed by atoms with E-state index < -0.39 is 0 Å². The van der Waals surface area contributed by atoms with Crippen LogP contribution in [0.5, 0.6) is 0 Å². The Morgan fingerprint density at radius 1 is 1.09 bits per heavy atom. The lowest BCUT2D eigenvalue weighted by Gasteiger charge is -2.37. The normalized spacial score (nSPS) is 20.9. The predicted octanol–water partition coefficient (Wildman–Crippen LogP) is 4.00. The van der Waals surface area contributed by atoms with Crippen LogP contribution in [0.2, 0.25) is 0 Å². The Bertz CT molecular complexity index is 556. The van der Waals surface area contributed by atoms with Gasteiger partial charge in [-0.3, -0.25) is 9.69 Å². The summed E-state index contributed by atoms with van der Waals surface area (Å²) >= 11 is 3.49. The second kappa shape index (κ2) is 7.39. The van der Waals surface area contributed by atoms with E-state index in [-0.39, 0.29) is 5.91 Å². The fourth-order valence-electron chi connectivity index (χ4n) is 3.93. The Morgan fingerprint density at radius 3 is 2.30 bits per heavy atom. The van der Waals surface area contributed by atoms with E-state index in [1.54, 1.807) is 0 Å². The first-order valence-electron chi connectivity index (χ1n) is 8.83. The molecule has 0 radical (unpaired) electrons. The van der Waals surface area contributed by atoms with Crippen molar-refractivity contribution < 1.29 is 9.21 Å². The van der Waals surface area contributed by atoms with Crippen molar-refractivity contribution in [3.05, 3.63) is 21.6 Å². The van der Waals surface area contributed by atoms with Crippen LogP contribution in [0.4, 0.5) is 0 Å². The van der Waals surface area contributed by atoms with Gasteiger partial charge >= 0.3 is 0 Å². The van der Waals surface area contributed by atoms with Gasteiger partial charge in [0, 0.05) is 32.7 Å². The molecule has 1 aliphatic carbocycles. The second-order valence-electron chi connectivity index (χ2n) is 7.00. The number of hydrogen-bond donors (Lipinski definition) is 0. The van der Waals surface area contributed by atoms with Gasteiger partial charge in [0.2, 0.25) is 0 Å². The van der Waals surface area contributed by atoms with E-state index in [0.29, 0.717) is 11.3 Å². The average Bonchev–Trinajstić information content (AvgIpc) is 2.81. The van der Waals surface area contributed by atoms with Gasteiger partial charge in [-0.05, 0) is 48.5 Å². The van der Waals surface area contributed by atoms with Crippen LogP contribution in [0.25, 0.3) is 0 Å². The van der Waals surface area contributed by atoms with E-state index in [4.69, 9.17) is 4.42 Å². The number of aryl methyl sites for hydroxylation is 2. The van der Waals surface area contributed by atoms with Gasteiger partial charge < -0.3 is 9.32 Å². The first-order chi connectivity index (χ1) is 11.1. The topological polar surface area (TPSA) is 36.7 Å². The van der Waals surface area contributed by atoms with Crippen molar-refractivity contribution in [2.45, 2.75) is 46.0 Å². The molecule has 0 aromatic carbocycles. The summed E-state index contributed by atoms with van der Waals surface area (Å²) in [5.41, 5.74) is 0.697. The van der Waals surface area contributed by atoms with Crippen LogP contribution in [-0.4, -0.2) is 48.4 Å². The Morgan fingerprint density at radius 2 is 1.74 bits per heavy atom. The quantitative estimate of drug-likeness (QED) is 0.792. The second-order valence-corrected chi connectivity index (χ2v) is 7.79. The Balaban J connectivity index is 1.55. The van der Waals surface area contributed by atoms with Crippen molar-refractivity contribution in [2.75, 3.05) is 32.7 Å². The lowest BCUT2D eigenvalue weighted by molar-refractivity contribution is 0.0604. The summed E-state index contributed by atoms with van der Waals surface area (Å²) in [5.74, 6) is 2.47. The smallest absolute Gasteiger partial charge is 0.258 e. The maximum absolute atomic E-state index is 12.8. The molecule has 0 N–H and O–H groups in total. The van der Waals surface area contributed by atoms with E-state index in [0.717, 1.165) is 42.3 Å². The van der Waals surface area contributed by atoms with Crippen molar-refractivity contribution >= 4 is 21.8 Å². The van der Waals surface area contributed by atoms with Crippen LogP contribution in [0.1, 0.15) is 54.0 Å². The lowest BCUT2D eigenvalue weighted by atomic mass is 9.89. The van der Waals surface area contributed by atoms with E-state index >= 15 is 0 Å². The maximum atomic E-state index is 12.8. The highest BCUT2D eigenvalue weighted by Gasteiger charge is 2.28. The molecule has 2 heterocycles. The van der Waals surface area contributed by atoms with Gasteiger partial charge in [-0.25, -0.2) is 0 Å². The summed E-state index contributed by atoms with van der Waals surface area (Å²) in [6, 6.07) is 0. The number of amides is 1. The summed E-state index contributed by atoms with van der Waals surface area (Å²) in [7, 11) is 0. The van der Waals surface area contributed by atoms with Crippen LogP contribution in [-0.2, 0) is 0 Å². The van der Waals surface area contributed by atoms with E-state index in [2.05, 4.69) is 20.8 Å². The minimum Gasteiger partial charge on any atom is -0.465 e. The third kappa shape index (κ3) is 3.82. The molecule has 1 saturated heterocycles. The molecule has 2 aliphatic rings. The third-order valence-electron chi connectivity index (χ3n) is 5.30. The first-order valence-corrected chi connectivity index (χ1v) is 9.62. The minimum atomic E-state index is 0.101. The zero-order valence-corrected chi connectivity index (χ0v) is 15.8. The van der Waals surface area contributed by atoms with Gasteiger partial charge in [0.1, 0.15) is 11.5 Å². The first kappa shape index (κ1) is 17.0. The zero-order chi connectivity index (χ0) is 16.4. The zero-order valence-electron chi connectivity index (χ0n) is 14.2. The molecule has 0 unspecified atom stereocenters. The monoisotopic (exact) mass is 382 g/mol. The largest absolute Gasteiger partial charge is 0.465 e. The highest BCUT2D eigenvalue weighted by atomic mass is 79.9. The number of hydrogen-bond acceptors (Lipinski definition) is 3. The molecule has 0 bridgehead atoms. The molecule has 1 aromatic rings. The van der Waals surface area contributed by atoms with E-state index in [1.165, 1.54) is 38.6 Å². The predicted molar refractivity (Wildman–Crippen MR) is 94.8 cm³/mol. The van der Waals surface area contributed by atoms with Gasteiger partial charge in [0.25, 0.3) is 5.91 Å². The molecule has 128 valence electrons. The summed E-state index contributed by atoms with van der Waals surface area (Å²) in [5, 5.41) is 0. The number of carbonyl (C=O) groups is 1. The van der Waals surface area contributed by atoms with E-state index in [9.17, 15) is 4.79 Å². The van der Waals surface area contributed by atoms with Crippen LogP contribution >= 0.6 is 15.9 Å². The molecule has 0 atom stereocenters. The molecule has 4 nitrogen and oxygen atoms in total. The molecule has 1 saturated carbocycles. The molecule has 23 heavy (non-hydrogen) atoms. The van der Waals surface area contributed by atoms with Crippen LogP contribution in [0.3, 0.4) is 0 Å². The van der Waals surface area contributed by atoms with Crippen molar-refractivity contribution in [1.82, 2.24) is 9.80 Å². The van der Waals surface area contributed by atoms with Crippen molar-refractivity contribution in [3.63, 3.8) is 0 Å². The Kier molecular flexibility index (Phi) is 5.47. The highest BCUT2D eigenvalue weighted by Crippen LogP contribution is 2.29. The standard InChI is InChI=1S/C18H27BrN2O2/c1-13-16(17(19)14(2)23-13)18(22)21-10-8-20(9-11-21)12-15-6-4-3-5-7-15/h15H,3-12H2,1-2H3. The van der Waals surface area contributed by atoms with Crippen LogP contribution < -0.4 is 0 Å². The number of piperazine rings is 1. The Hall–Kier alpha value is -0.810. The number of furan rings is 1. The summed E-state index contributed by atoms with van der Waals surface area (Å²) < 4.78 is 6.38. The number of carbonyl (C=O) groups excluding carboxylic acids is 1. The summed E-state index contributed by atoms with van der Waals surface area (Å²) in [6.07, 6.45) is 6.99. The average molecular weight is 383 g/mol. The van der Waals surface area contributed by atoms with Crippen LogP contribution in [0.15, 0.2) is 8.89 Å². The molecule has 3 rings (SSSR count). The molecular formula is C18H27BrN2O2. The third-order valence-corrected chi connectivity index (χ3v) is 6.26. The number of halogens is 1.